The minimum atomic E-state index is 0.205. The molecule has 4 nitrogen and oxygen atoms in total. The fourth-order valence-electron chi connectivity index (χ4n) is 2.17. The summed E-state index contributed by atoms with van der Waals surface area (Å²) in [6.45, 7) is 7.72. The van der Waals surface area contributed by atoms with Crippen molar-refractivity contribution in [3.05, 3.63) is 28.9 Å². The van der Waals surface area contributed by atoms with Crippen LogP contribution in [-0.2, 0) is 4.74 Å². The van der Waals surface area contributed by atoms with Gasteiger partial charge in [0.25, 0.3) is 0 Å². The van der Waals surface area contributed by atoms with E-state index in [4.69, 9.17) is 10.5 Å². The Morgan fingerprint density at radius 1 is 1.38 bits per heavy atom. The fourth-order valence-corrected chi connectivity index (χ4v) is 2.53. The number of ether oxygens (including phenoxy) is 1. The minimum absolute atomic E-state index is 0.205. The number of nitrogens with zero attached hydrogens (tertiary/aromatic N) is 1. The SMILES string of the molecule is CCOCC(Nc1c(N)cnc2ccc(Br)cc12)C(C)C. The highest BCUT2D eigenvalue weighted by Crippen LogP contribution is 2.31. The molecule has 1 heterocycles. The number of nitrogens with two attached hydrogens (primary N) is 1. The number of hydrogen-bond acceptors (Lipinski definition) is 4. The highest BCUT2D eigenvalue weighted by atomic mass is 79.9. The van der Waals surface area contributed by atoms with Crippen molar-refractivity contribution in [2.24, 2.45) is 5.92 Å². The molecule has 1 aromatic carbocycles. The lowest BCUT2D eigenvalue weighted by Gasteiger charge is -2.25. The molecule has 0 radical (unpaired) electrons. The van der Waals surface area contributed by atoms with Gasteiger partial charge in [0.05, 0.1) is 35.7 Å². The summed E-state index contributed by atoms with van der Waals surface area (Å²) in [6.07, 6.45) is 1.70. The van der Waals surface area contributed by atoms with Gasteiger partial charge in [-0.2, -0.15) is 0 Å². The summed E-state index contributed by atoms with van der Waals surface area (Å²) < 4.78 is 6.59. The van der Waals surface area contributed by atoms with Crippen LogP contribution in [0.1, 0.15) is 20.8 Å². The molecular weight excluding hydrogens is 330 g/mol. The summed E-state index contributed by atoms with van der Waals surface area (Å²) in [5, 5.41) is 4.56. The number of pyridine rings is 1. The zero-order chi connectivity index (χ0) is 15.4. The molecule has 114 valence electrons. The van der Waals surface area contributed by atoms with Crippen LogP contribution in [-0.4, -0.2) is 24.2 Å². The van der Waals surface area contributed by atoms with Gasteiger partial charge < -0.3 is 15.8 Å². The number of nitrogens with one attached hydrogen (secondary N) is 1. The van der Waals surface area contributed by atoms with Gasteiger partial charge in [-0.1, -0.05) is 29.8 Å². The Hall–Kier alpha value is -1.33. The third-order valence-electron chi connectivity index (χ3n) is 3.50. The molecule has 0 bridgehead atoms. The lowest BCUT2D eigenvalue weighted by Crippen LogP contribution is -2.31. The van der Waals surface area contributed by atoms with Crippen molar-refractivity contribution in [2.75, 3.05) is 24.3 Å². The molecule has 0 aliphatic heterocycles. The highest BCUT2D eigenvalue weighted by Gasteiger charge is 2.16. The number of halogens is 1. The number of rotatable bonds is 6. The van der Waals surface area contributed by atoms with Crippen LogP contribution in [0.15, 0.2) is 28.9 Å². The Kier molecular flexibility index (Phi) is 5.42. The zero-order valence-corrected chi connectivity index (χ0v) is 14.3. The zero-order valence-electron chi connectivity index (χ0n) is 12.7. The standard InChI is InChI=1S/C16H22BrN3O/c1-4-21-9-15(10(2)3)20-16-12-7-11(17)5-6-14(12)19-8-13(16)18/h5-8,10,15H,4,9,18H2,1-3H3,(H,19,20). The van der Waals surface area contributed by atoms with E-state index in [1.165, 1.54) is 0 Å². The molecule has 1 unspecified atom stereocenters. The number of fused-ring (bicyclic) bond motifs is 1. The number of nitrogen functional groups attached to an aromatic ring is 1. The van der Waals surface area contributed by atoms with Crippen LogP contribution in [0.25, 0.3) is 10.9 Å². The summed E-state index contributed by atoms with van der Waals surface area (Å²) in [6, 6.07) is 6.21. The molecule has 0 aliphatic carbocycles. The lowest BCUT2D eigenvalue weighted by molar-refractivity contribution is 0.127. The molecule has 5 heteroatoms. The van der Waals surface area contributed by atoms with Crippen LogP contribution in [0.3, 0.4) is 0 Å². The molecule has 1 aromatic heterocycles. The van der Waals surface area contributed by atoms with Gasteiger partial charge in [-0.05, 0) is 31.0 Å². The third-order valence-corrected chi connectivity index (χ3v) is 3.99. The van der Waals surface area contributed by atoms with Gasteiger partial charge in [-0.3, -0.25) is 4.98 Å². The largest absolute Gasteiger partial charge is 0.396 e. The fraction of sp³-hybridized carbons (Fsp3) is 0.438. The Balaban J connectivity index is 2.39. The van der Waals surface area contributed by atoms with Crippen LogP contribution < -0.4 is 11.1 Å². The predicted molar refractivity (Wildman–Crippen MR) is 92.6 cm³/mol. The van der Waals surface area contributed by atoms with E-state index in [0.717, 1.165) is 21.1 Å². The van der Waals surface area contributed by atoms with E-state index in [-0.39, 0.29) is 6.04 Å². The first-order valence-electron chi connectivity index (χ1n) is 7.21. The molecule has 0 saturated carbocycles. The van der Waals surface area contributed by atoms with Crippen molar-refractivity contribution >= 4 is 38.2 Å². The second-order valence-electron chi connectivity index (χ2n) is 5.40. The van der Waals surface area contributed by atoms with Gasteiger partial charge in [0.2, 0.25) is 0 Å². The molecule has 0 fully saturated rings. The Bertz CT molecular complexity index is 610. The molecule has 0 amide bonds. The number of hydrogen-bond donors (Lipinski definition) is 2. The van der Waals surface area contributed by atoms with Crippen LogP contribution in [0.2, 0.25) is 0 Å². The summed E-state index contributed by atoms with van der Waals surface area (Å²) in [4.78, 5) is 4.38. The predicted octanol–water partition coefficient (Wildman–Crippen LogP) is 4.05. The van der Waals surface area contributed by atoms with Gasteiger partial charge in [0.15, 0.2) is 0 Å². The van der Waals surface area contributed by atoms with Crippen LogP contribution in [0, 0.1) is 5.92 Å². The van der Waals surface area contributed by atoms with Gasteiger partial charge in [0.1, 0.15) is 0 Å². The Morgan fingerprint density at radius 3 is 2.81 bits per heavy atom. The van der Waals surface area contributed by atoms with E-state index in [9.17, 15) is 0 Å². The second-order valence-corrected chi connectivity index (χ2v) is 6.32. The Morgan fingerprint density at radius 2 is 2.14 bits per heavy atom. The second kappa shape index (κ2) is 7.09. The van der Waals surface area contributed by atoms with Crippen molar-refractivity contribution in [1.29, 1.82) is 0 Å². The van der Waals surface area contributed by atoms with E-state index in [2.05, 4.69) is 40.1 Å². The summed E-state index contributed by atoms with van der Waals surface area (Å²) in [5.74, 6) is 0.436. The monoisotopic (exact) mass is 351 g/mol. The maximum absolute atomic E-state index is 6.13. The molecule has 0 saturated heterocycles. The highest BCUT2D eigenvalue weighted by molar-refractivity contribution is 9.10. The number of aromatic nitrogens is 1. The molecule has 0 aliphatic rings. The van der Waals surface area contributed by atoms with Gasteiger partial charge >= 0.3 is 0 Å². The van der Waals surface area contributed by atoms with Gasteiger partial charge in [-0.25, -0.2) is 0 Å². The lowest BCUT2D eigenvalue weighted by atomic mass is 10.0. The van der Waals surface area contributed by atoms with Crippen LogP contribution >= 0.6 is 15.9 Å². The molecule has 3 N–H and O–H groups in total. The normalized spacial score (nSPS) is 12.8. The van der Waals surface area contributed by atoms with E-state index in [1.807, 2.05) is 25.1 Å². The summed E-state index contributed by atoms with van der Waals surface area (Å²) in [7, 11) is 0. The Labute approximate surface area is 134 Å². The van der Waals surface area contributed by atoms with Gasteiger partial charge in [-0.15, -0.1) is 0 Å². The molecular formula is C16H22BrN3O. The molecule has 21 heavy (non-hydrogen) atoms. The van der Waals surface area contributed by atoms with Crippen molar-refractivity contribution < 1.29 is 4.74 Å². The molecule has 2 aromatic rings. The van der Waals surface area contributed by atoms with Crippen molar-refractivity contribution in [1.82, 2.24) is 4.98 Å². The van der Waals surface area contributed by atoms with Crippen molar-refractivity contribution in [3.63, 3.8) is 0 Å². The molecule has 1 atom stereocenters. The molecule has 2 rings (SSSR count). The average molecular weight is 352 g/mol. The topological polar surface area (TPSA) is 60.2 Å². The first-order chi connectivity index (χ1) is 10.0. The van der Waals surface area contributed by atoms with E-state index in [0.29, 0.717) is 24.8 Å². The smallest absolute Gasteiger partial charge is 0.0743 e. The molecule has 0 spiro atoms. The minimum Gasteiger partial charge on any atom is -0.396 e. The van der Waals surface area contributed by atoms with Gasteiger partial charge in [0, 0.05) is 16.5 Å². The van der Waals surface area contributed by atoms with E-state index < -0.39 is 0 Å². The average Bonchev–Trinajstić information content (AvgIpc) is 2.45. The quantitative estimate of drug-likeness (QED) is 0.823. The third kappa shape index (κ3) is 3.86. The maximum Gasteiger partial charge on any atom is 0.0743 e. The maximum atomic E-state index is 6.13. The first-order valence-corrected chi connectivity index (χ1v) is 8.00. The van der Waals surface area contributed by atoms with Crippen LogP contribution in [0.5, 0.6) is 0 Å². The summed E-state index contributed by atoms with van der Waals surface area (Å²) >= 11 is 3.51. The number of anilines is 2. The van der Waals surface area contributed by atoms with E-state index in [1.54, 1.807) is 6.20 Å². The summed E-state index contributed by atoms with van der Waals surface area (Å²) in [5.41, 5.74) is 8.64. The van der Waals surface area contributed by atoms with Crippen LogP contribution in [0.4, 0.5) is 11.4 Å². The van der Waals surface area contributed by atoms with Crippen molar-refractivity contribution in [2.45, 2.75) is 26.8 Å². The first kappa shape index (κ1) is 16.0. The van der Waals surface area contributed by atoms with E-state index >= 15 is 0 Å². The van der Waals surface area contributed by atoms with Crippen molar-refractivity contribution in [3.8, 4) is 0 Å². The number of benzene rings is 1.